The molecular weight excluding hydrogens is 430 g/mol. The van der Waals surface area contributed by atoms with Gasteiger partial charge in [0.25, 0.3) is 5.91 Å². The molecule has 1 heterocycles. The van der Waals surface area contributed by atoms with E-state index < -0.39 is 23.5 Å². The minimum atomic E-state index is -1.43. The van der Waals surface area contributed by atoms with Crippen LogP contribution in [0.3, 0.4) is 0 Å². The smallest absolute Gasteiger partial charge is 0.413 e. The van der Waals surface area contributed by atoms with Gasteiger partial charge in [0, 0.05) is 5.92 Å². The summed E-state index contributed by atoms with van der Waals surface area (Å²) >= 11 is 0.929. The van der Waals surface area contributed by atoms with Crippen molar-refractivity contribution in [1.29, 1.82) is 0 Å². The molecular formula is C23H21N3O5S. The second kappa shape index (κ2) is 8.43. The number of fused-ring (bicyclic) bond motifs is 3. The summed E-state index contributed by atoms with van der Waals surface area (Å²) in [4.78, 5) is 39.9. The summed E-state index contributed by atoms with van der Waals surface area (Å²) in [5, 5.41) is 14.2. The number of aliphatic carboxylic acids is 1. The van der Waals surface area contributed by atoms with Gasteiger partial charge in [0.1, 0.15) is 17.0 Å². The van der Waals surface area contributed by atoms with Crippen LogP contribution in [0.5, 0.6) is 0 Å². The lowest BCUT2D eigenvalue weighted by molar-refractivity contribution is -0.143. The van der Waals surface area contributed by atoms with Crippen LogP contribution in [-0.2, 0) is 9.53 Å². The molecule has 0 spiro atoms. The van der Waals surface area contributed by atoms with Gasteiger partial charge in [-0.15, -0.1) is 0 Å². The van der Waals surface area contributed by atoms with E-state index in [4.69, 9.17) is 9.84 Å². The molecule has 0 aliphatic heterocycles. The van der Waals surface area contributed by atoms with E-state index in [0.717, 1.165) is 33.6 Å². The third-order valence-electron chi connectivity index (χ3n) is 5.24. The zero-order chi connectivity index (χ0) is 22.9. The highest BCUT2D eigenvalue weighted by molar-refractivity contribution is 7.17. The normalized spacial score (nSPS) is 12.6. The number of carbonyl (C=O) groups excluding carboxylic acids is 2. The summed E-state index contributed by atoms with van der Waals surface area (Å²) in [5.74, 6) is -1.81. The maximum atomic E-state index is 12.3. The van der Waals surface area contributed by atoms with Crippen LogP contribution >= 0.6 is 11.3 Å². The van der Waals surface area contributed by atoms with Gasteiger partial charge in [-0.05, 0) is 36.1 Å². The number of aromatic nitrogens is 1. The molecule has 0 saturated heterocycles. The van der Waals surface area contributed by atoms with Crippen molar-refractivity contribution in [2.45, 2.75) is 25.3 Å². The molecule has 32 heavy (non-hydrogen) atoms. The predicted molar refractivity (Wildman–Crippen MR) is 120 cm³/mol. The second-order valence-electron chi connectivity index (χ2n) is 7.86. The van der Waals surface area contributed by atoms with E-state index in [1.807, 2.05) is 36.4 Å². The molecule has 0 radical (unpaired) electrons. The van der Waals surface area contributed by atoms with Crippen molar-refractivity contribution in [1.82, 2.24) is 10.3 Å². The number of rotatable bonds is 6. The van der Waals surface area contributed by atoms with Crippen LogP contribution in [0.2, 0.25) is 0 Å². The molecule has 3 N–H and O–H groups in total. The highest BCUT2D eigenvalue weighted by Crippen LogP contribution is 2.44. The SMILES string of the molecule is CC(C)(NC(=O)c1cnc(NC(=O)OCC2c3ccccc3-c3ccccc32)s1)C(=O)O. The lowest BCUT2D eigenvalue weighted by Gasteiger charge is -2.20. The highest BCUT2D eigenvalue weighted by Gasteiger charge is 2.31. The third kappa shape index (κ3) is 4.19. The molecule has 0 unspecified atom stereocenters. The van der Waals surface area contributed by atoms with E-state index >= 15 is 0 Å². The van der Waals surface area contributed by atoms with Crippen molar-refractivity contribution in [3.8, 4) is 11.1 Å². The number of benzene rings is 2. The first kappa shape index (κ1) is 21.5. The number of hydrogen-bond acceptors (Lipinski definition) is 6. The van der Waals surface area contributed by atoms with Gasteiger partial charge in [-0.3, -0.25) is 10.1 Å². The van der Waals surface area contributed by atoms with Gasteiger partial charge in [0.05, 0.1) is 6.20 Å². The number of carboxylic acids is 1. The summed E-state index contributed by atoms with van der Waals surface area (Å²) in [6.07, 6.45) is 0.593. The molecule has 3 aromatic rings. The molecule has 8 nitrogen and oxygen atoms in total. The number of nitrogens with zero attached hydrogens (tertiary/aromatic N) is 1. The van der Waals surface area contributed by atoms with Gasteiger partial charge < -0.3 is 15.2 Å². The number of carboxylic acid groups (broad SMARTS) is 1. The van der Waals surface area contributed by atoms with Crippen LogP contribution in [0.25, 0.3) is 11.1 Å². The number of ether oxygens (including phenoxy) is 1. The first-order valence-electron chi connectivity index (χ1n) is 9.90. The van der Waals surface area contributed by atoms with Crippen molar-refractivity contribution in [3.05, 3.63) is 70.7 Å². The molecule has 0 atom stereocenters. The Labute approximate surface area is 188 Å². The number of nitrogens with one attached hydrogen (secondary N) is 2. The van der Waals surface area contributed by atoms with Crippen LogP contribution in [0, 0.1) is 0 Å². The van der Waals surface area contributed by atoms with Crippen LogP contribution in [-0.4, -0.2) is 40.2 Å². The quantitative estimate of drug-likeness (QED) is 0.519. The van der Waals surface area contributed by atoms with Crippen molar-refractivity contribution in [3.63, 3.8) is 0 Å². The Morgan fingerprint density at radius 2 is 1.66 bits per heavy atom. The largest absolute Gasteiger partial charge is 0.480 e. The Morgan fingerprint density at radius 3 is 2.25 bits per heavy atom. The third-order valence-corrected chi connectivity index (χ3v) is 6.15. The molecule has 4 rings (SSSR count). The summed E-state index contributed by atoms with van der Waals surface area (Å²) in [6, 6.07) is 16.1. The second-order valence-corrected chi connectivity index (χ2v) is 8.90. The Kier molecular flexibility index (Phi) is 5.67. The average Bonchev–Trinajstić information content (AvgIpc) is 3.35. The monoisotopic (exact) mass is 451 g/mol. The van der Waals surface area contributed by atoms with Crippen LogP contribution < -0.4 is 10.6 Å². The summed E-state index contributed by atoms with van der Waals surface area (Å²) in [7, 11) is 0. The van der Waals surface area contributed by atoms with Crippen LogP contribution in [0.15, 0.2) is 54.7 Å². The van der Waals surface area contributed by atoms with Crippen LogP contribution in [0.1, 0.15) is 40.6 Å². The molecule has 1 aliphatic carbocycles. The number of anilines is 1. The molecule has 0 bridgehead atoms. The molecule has 164 valence electrons. The molecule has 1 aliphatic rings. The van der Waals surface area contributed by atoms with Gasteiger partial charge in [0.15, 0.2) is 5.13 Å². The Balaban J connectivity index is 1.39. The highest BCUT2D eigenvalue weighted by atomic mass is 32.1. The Morgan fingerprint density at radius 1 is 1.06 bits per heavy atom. The van der Waals surface area contributed by atoms with E-state index in [2.05, 4.69) is 27.8 Å². The minimum absolute atomic E-state index is 0.0657. The van der Waals surface area contributed by atoms with E-state index in [9.17, 15) is 14.4 Å². The maximum Gasteiger partial charge on any atom is 0.413 e. The molecule has 0 fully saturated rings. The fraction of sp³-hybridized carbons (Fsp3) is 0.217. The first-order chi connectivity index (χ1) is 15.3. The minimum Gasteiger partial charge on any atom is -0.480 e. The summed E-state index contributed by atoms with van der Waals surface area (Å²) in [5.41, 5.74) is 3.06. The standard InChI is InChI=1S/C23H21N3O5S/c1-23(2,20(28)29)26-19(27)18-11-24-21(32-18)25-22(30)31-12-17-15-9-5-3-7-13(15)14-8-4-6-10-16(14)17/h3-11,17H,12H2,1-2H3,(H,26,27)(H,28,29)(H,24,25,30). The zero-order valence-electron chi connectivity index (χ0n) is 17.4. The van der Waals surface area contributed by atoms with E-state index in [0.29, 0.717) is 0 Å². The molecule has 0 saturated carbocycles. The van der Waals surface area contributed by atoms with Gasteiger partial charge in [0.2, 0.25) is 0 Å². The van der Waals surface area contributed by atoms with Gasteiger partial charge in [-0.2, -0.15) is 0 Å². The fourth-order valence-electron chi connectivity index (χ4n) is 3.56. The number of thiazole rings is 1. The molecule has 2 aromatic carbocycles. The van der Waals surface area contributed by atoms with Crippen molar-refractivity contribution < 1.29 is 24.2 Å². The van der Waals surface area contributed by atoms with Crippen LogP contribution in [0.4, 0.5) is 9.93 Å². The topological polar surface area (TPSA) is 118 Å². The number of amides is 2. The van der Waals surface area contributed by atoms with Crippen molar-refractivity contribution >= 4 is 34.4 Å². The van der Waals surface area contributed by atoms with E-state index in [1.54, 1.807) is 0 Å². The average molecular weight is 452 g/mol. The van der Waals surface area contributed by atoms with E-state index in [-0.39, 0.29) is 22.5 Å². The lowest BCUT2D eigenvalue weighted by Crippen LogP contribution is -2.49. The predicted octanol–water partition coefficient (Wildman–Crippen LogP) is 4.10. The van der Waals surface area contributed by atoms with Crippen molar-refractivity contribution in [2.75, 3.05) is 11.9 Å². The number of hydrogen-bond donors (Lipinski definition) is 3. The van der Waals surface area contributed by atoms with Gasteiger partial charge in [-0.25, -0.2) is 14.6 Å². The summed E-state index contributed by atoms with van der Waals surface area (Å²) < 4.78 is 5.46. The Hall–Kier alpha value is -3.72. The Bertz CT molecular complexity index is 1160. The van der Waals surface area contributed by atoms with E-state index in [1.165, 1.54) is 20.0 Å². The number of carbonyl (C=O) groups is 3. The zero-order valence-corrected chi connectivity index (χ0v) is 18.2. The van der Waals surface area contributed by atoms with Gasteiger partial charge >= 0.3 is 12.1 Å². The van der Waals surface area contributed by atoms with Crippen molar-refractivity contribution in [2.24, 2.45) is 0 Å². The van der Waals surface area contributed by atoms with Gasteiger partial charge in [-0.1, -0.05) is 59.9 Å². The fourth-order valence-corrected chi connectivity index (χ4v) is 4.25. The first-order valence-corrected chi connectivity index (χ1v) is 10.7. The lowest BCUT2D eigenvalue weighted by atomic mass is 9.98. The molecule has 1 aromatic heterocycles. The summed E-state index contributed by atoms with van der Waals surface area (Å²) in [6.45, 7) is 2.92. The molecule has 2 amide bonds. The maximum absolute atomic E-state index is 12.3. The molecule has 9 heteroatoms.